The van der Waals surface area contributed by atoms with Crippen molar-refractivity contribution < 1.29 is 28.5 Å². The minimum Gasteiger partial charge on any atom is -0.491 e. The molecule has 1 N–H and O–H groups in total. The largest absolute Gasteiger partial charge is 0.491 e. The Kier molecular flexibility index (Phi) is 5.81. The van der Waals surface area contributed by atoms with Crippen molar-refractivity contribution in [3.63, 3.8) is 0 Å². The average Bonchev–Trinajstić information content (AvgIpc) is 3.02. The van der Waals surface area contributed by atoms with Crippen molar-refractivity contribution in [3.05, 3.63) is 52.4 Å². The Bertz CT molecular complexity index is 810. The zero-order valence-electron chi connectivity index (χ0n) is 15.7. The first-order chi connectivity index (χ1) is 13.1. The maximum atomic E-state index is 12.7. The number of nitrogens with one attached hydrogen (secondary N) is 1. The van der Waals surface area contributed by atoms with E-state index in [0.29, 0.717) is 47.1 Å². The lowest BCUT2D eigenvalue weighted by molar-refractivity contribution is -0.138. The summed E-state index contributed by atoms with van der Waals surface area (Å²) in [5, 5.41) is 3.12. The second-order valence-electron chi connectivity index (χ2n) is 6.16. The molecule has 2 aliphatic rings. The van der Waals surface area contributed by atoms with Crippen LogP contribution >= 0.6 is 0 Å². The summed E-state index contributed by atoms with van der Waals surface area (Å²) in [5.74, 6) is -0.939. The van der Waals surface area contributed by atoms with E-state index in [1.165, 1.54) is 0 Å². The molecule has 27 heavy (non-hydrogen) atoms. The highest BCUT2D eigenvalue weighted by Gasteiger charge is 2.42. The number of cyclic esters (lactones) is 1. The number of carbonyl (C=O) groups excluding carboxylic acids is 2. The van der Waals surface area contributed by atoms with Crippen LogP contribution in [0.15, 0.2) is 46.8 Å². The maximum Gasteiger partial charge on any atom is 0.337 e. The summed E-state index contributed by atoms with van der Waals surface area (Å²) in [4.78, 5) is 25.1. The Labute approximate surface area is 157 Å². The molecule has 1 aromatic rings. The molecule has 2 heterocycles. The highest BCUT2D eigenvalue weighted by atomic mass is 16.5. The van der Waals surface area contributed by atoms with Crippen LogP contribution < -0.4 is 10.1 Å². The van der Waals surface area contributed by atoms with Gasteiger partial charge in [0, 0.05) is 18.4 Å². The molecule has 1 atom stereocenters. The number of dihydropyridines is 1. The molecule has 2 aliphatic heterocycles. The quantitative estimate of drug-likeness (QED) is 0.578. The van der Waals surface area contributed by atoms with Gasteiger partial charge in [0.25, 0.3) is 0 Å². The number of allylic oxidation sites excluding steroid dienone is 1. The molecule has 0 saturated heterocycles. The van der Waals surface area contributed by atoms with Gasteiger partial charge in [0.15, 0.2) is 0 Å². The summed E-state index contributed by atoms with van der Waals surface area (Å²) < 4.78 is 21.3. The van der Waals surface area contributed by atoms with Crippen molar-refractivity contribution in [1.82, 2.24) is 5.32 Å². The first-order valence-corrected chi connectivity index (χ1v) is 8.84. The van der Waals surface area contributed by atoms with Gasteiger partial charge in [-0.25, -0.2) is 9.59 Å². The molecule has 7 nitrogen and oxygen atoms in total. The second kappa shape index (κ2) is 8.26. The molecule has 3 rings (SSSR count). The maximum absolute atomic E-state index is 12.7. The van der Waals surface area contributed by atoms with Crippen LogP contribution in [0.5, 0.6) is 5.75 Å². The predicted octanol–water partition coefficient (Wildman–Crippen LogP) is 2.05. The smallest absolute Gasteiger partial charge is 0.337 e. The van der Waals surface area contributed by atoms with E-state index in [1.807, 2.05) is 24.3 Å². The van der Waals surface area contributed by atoms with E-state index in [0.717, 1.165) is 0 Å². The SMILES string of the molecule is CCOC(=O)C1=C(C)NC2=C(C(=O)OC2)C1c1ccccc1OCCOC. The van der Waals surface area contributed by atoms with Gasteiger partial charge in [-0.3, -0.25) is 0 Å². The van der Waals surface area contributed by atoms with Crippen LogP contribution in [0.25, 0.3) is 0 Å². The van der Waals surface area contributed by atoms with Gasteiger partial charge in [-0.2, -0.15) is 0 Å². The first-order valence-electron chi connectivity index (χ1n) is 8.84. The van der Waals surface area contributed by atoms with Gasteiger partial charge >= 0.3 is 11.9 Å². The van der Waals surface area contributed by atoms with E-state index in [4.69, 9.17) is 18.9 Å². The van der Waals surface area contributed by atoms with Crippen molar-refractivity contribution in [1.29, 1.82) is 0 Å². The third kappa shape index (κ3) is 3.68. The molecule has 1 unspecified atom stereocenters. The van der Waals surface area contributed by atoms with Crippen molar-refractivity contribution in [2.75, 3.05) is 33.5 Å². The standard InChI is InChI=1S/C20H23NO6/c1-4-25-19(22)16-12(2)21-14-11-27-20(23)18(14)17(16)13-7-5-6-8-15(13)26-10-9-24-3/h5-8,17,21H,4,9-11H2,1-3H3. The molecule has 0 aromatic heterocycles. The number of methoxy groups -OCH3 is 1. The van der Waals surface area contributed by atoms with Gasteiger partial charge in [0.1, 0.15) is 19.0 Å². The Morgan fingerprint density at radius 1 is 1.30 bits per heavy atom. The lowest BCUT2D eigenvalue weighted by Crippen LogP contribution is -2.30. The molecule has 0 amide bonds. The van der Waals surface area contributed by atoms with Gasteiger partial charge in [-0.05, 0) is 19.9 Å². The number of carbonyl (C=O) groups is 2. The second-order valence-corrected chi connectivity index (χ2v) is 6.16. The van der Waals surface area contributed by atoms with E-state index in [1.54, 1.807) is 21.0 Å². The lowest BCUT2D eigenvalue weighted by atomic mass is 9.80. The zero-order chi connectivity index (χ0) is 19.4. The van der Waals surface area contributed by atoms with E-state index in [9.17, 15) is 9.59 Å². The summed E-state index contributed by atoms with van der Waals surface area (Å²) in [6.07, 6.45) is 0. The normalized spacial score (nSPS) is 18.8. The molecule has 0 radical (unpaired) electrons. The molecule has 0 fully saturated rings. The molecule has 0 saturated carbocycles. The minimum absolute atomic E-state index is 0.158. The van der Waals surface area contributed by atoms with Gasteiger partial charge in [0.2, 0.25) is 0 Å². The molecular formula is C20H23NO6. The van der Waals surface area contributed by atoms with Crippen molar-refractivity contribution in [2.24, 2.45) is 0 Å². The van der Waals surface area contributed by atoms with Crippen LogP contribution in [0.2, 0.25) is 0 Å². The predicted molar refractivity (Wildman–Crippen MR) is 97.0 cm³/mol. The summed E-state index contributed by atoms with van der Waals surface area (Å²) in [6, 6.07) is 7.35. The Balaban J connectivity index is 2.09. The monoisotopic (exact) mass is 373 g/mol. The minimum atomic E-state index is -0.617. The van der Waals surface area contributed by atoms with Crippen LogP contribution in [-0.4, -0.2) is 45.5 Å². The summed E-state index contributed by atoms with van der Waals surface area (Å²) in [7, 11) is 1.60. The molecule has 1 aromatic carbocycles. The van der Waals surface area contributed by atoms with Gasteiger partial charge < -0.3 is 24.3 Å². The third-order valence-corrected chi connectivity index (χ3v) is 4.48. The lowest BCUT2D eigenvalue weighted by Gasteiger charge is -2.28. The van der Waals surface area contributed by atoms with Crippen LogP contribution in [0.3, 0.4) is 0 Å². The fourth-order valence-electron chi connectivity index (χ4n) is 3.34. The summed E-state index contributed by atoms with van der Waals surface area (Å²) in [6.45, 7) is 4.72. The molecule has 0 spiro atoms. The van der Waals surface area contributed by atoms with E-state index >= 15 is 0 Å². The molecular weight excluding hydrogens is 350 g/mol. The highest BCUT2D eigenvalue weighted by molar-refractivity contribution is 6.01. The number of benzene rings is 1. The number of ether oxygens (including phenoxy) is 4. The average molecular weight is 373 g/mol. The van der Waals surface area contributed by atoms with Crippen LogP contribution in [-0.2, 0) is 23.8 Å². The number of rotatable bonds is 7. The highest BCUT2D eigenvalue weighted by Crippen LogP contribution is 2.44. The van der Waals surface area contributed by atoms with Crippen LogP contribution in [0, 0.1) is 0 Å². The number of hydrogen-bond acceptors (Lipinski definition) is 7. The topological polar surface area (TPSA) is 83.1 Å². The zero-order valence-corrected chi connectivity index (χ0v) is 15.7. The fourth-order valence-corrected chi connectivity index (χ4v) is 3.34. The Hall–Kier alpha value is -2.80. The molecule has 144 valence electrons. The van der Waals surface area contributed by atoms with Crippen LogP contribution in [0.4, 0.5) is 0 Å². The number of para-hydroxylation sites is 1. The van der Waals surface area contributed by atoms with Gasteiger partial charge in [-0.1, -0.05) is 18.2 Å². The summed E-state index contributed by atoms with van der Waals surface area (Å²) >= 11 is 0. The summed E-state index contributed by atoms with van der Waals surface area (Å²) in [5.41, 5.74) is 2.83. The van der Waals surface area contributed by atoms with Crippen molar-refractivity contribution in [3.8, 4) is 5.75 Å². The molecule has 0 bridgehead atoms. The number of hydrogen-bond donors (Lipinski definition) is 1. The number of esters is 2. The van der Waals surface area contributed by atoms with Crippen molar-refractivity contribution >= 4 is 11.9 Å². The van der Waals surface area contributed by atoms with E-state index in [-0.39, 0.29) is 13.2 Å². The first kappa shape index (κ1) is 19.0. The Morgan fingerprint density at radius 3 is 2.81 bits per heavy atom. The third-order valence-electron chi connectivity index (χ3n) is 4.48. The fraction of sp³-hybridized carbons (Fsp3) is 0.400. The van der Waals surface area contributed by atoms with Gasteiger partial charge in [0.05, 0.1) is 36.0 Å². The van der Waals surface area contributed by atoms with Gasteiger partial charge in [-0.15, -0.1) is 0 Å². The molecule has 7 heteroatoms. The molecule has 0 aliphatic carbocycles. The van der Waals surface area contributed by atoms with E-state index < -0.39 is 17.9 Å². The van der Waals surface area contributed by atoms with Crippen LogP contribution in [0.1, 0.15) is 25.3 Å². The Morgan fingerprint density at radius 2 is 2.07 bits per heavy atom. The van der Waals surface area contributed by atoms with E-state index in [2.05, 4.69) is 5.32 Å². The van der Waals surface area contributed by atoms with Crippen molar-refractivity contribution in [2.45, 2.75) is 19.8 Å².